The molecule has 1 aromatic rings. The first-order valence-corrected chi connectivity index (χ1v) is 11.0. The van der Waals surface area contributed by atoms with Gasteiger partial charge in [-0.15, -0.1) is 0 Å². The second-order valence-electron chi connectivity index (χ2n) is 8.27. The van der Waals surface area contributed by atoms with Crippen LogP contribution in [-0.2, 0) is 16.6 Å². The molecule has 0 unspecified atom stereocenters. The van der Waals surface area contributed by atoms with E-state index in [4.69, 9.17) is 4.74 Å². The predicted molar refractivity (Wildman–Crippen MR) is 92.0 cm³/mol. The summed E-state index contributed by atoms with van der Waals surface area (Å²) in [5.41, 5.74) is 0. The normalized spacial score (nSPS) is 34.8. The van der Waals surface area contributed by atoms with E-state index in [1.165, 1.54) is 17.3 Å². The van der Waals surface area contributed by atoms with Crippen LogP contribution in [0.1, 0.15) is 38.5 Å². The van der Waals surface area contributed by atoms with Crippen molar-refractivity contribution in [2.75, 3.05) is 6.61 Å². The molecule has 0 aromatic carbocycles. The van der Waals surface area contributed by atoms with E-state index in [9.17, 15) is 13.2 Å². The quantitative estimate of drug-likeness (QED) is 0.827. The van der Waals surface area contributed by atoms with Gasteiger partial charge in [0.15, 0.2) is 4.90 Å². The van der Waals surface area contributed by atoms with Crippen LogP contribution in [0.5, 0.6) is 5.88 Å². The summed E-state index contributed by atoms with van der Waals surface area (Å²) in [5, 5.41) is 7.01. The summed E-state index contributed by atoms with van der Waals surface area (Å²) < 4.78 is 34.4. The van der Waals surface area contributed by atoms with Crippen molar-refractivity contribution in [3.8, 4) is 5.88 Å². The average Bonchev–Trinajstić information content (AvgIpc) is 3.02. The average molecular weight is 380 g/mol. The Morgan fingerprint density at radius 2 is 1.85 bits per heavy atom. The molecule has 0 saturated heterocycles. The number of nitrogens with zero attached hydrogens (tertiary/aromatic N) is 2. The van der Waals surface area contributed by atoms with Crippen molar-refractivity contribution < 1.29 is 17.9 Å². The van der Waals surface area contributed by atoms with Crippen LogP contribution in [0.2, 0.25) is 0 Å². The van der Waals surface area contributed by atoms with Crippen LogP contribution in [0.3, 0.4) is 0 Å². The molecule has 26 heavy (non-hydrogen) atoms. The summed E-state index contributed by atoms with van der Waals surface area (Å²) in [4.78, 5) is 12.4. The van der Waals surface area contributed by atoms with Gasteiger partial charge in [0.25, 0.3) is 10.0 Å². The van der Waals surface area contributed by atoms with Gasteiger partial charge in [-0.2, -0.15) is 5.10 Å². The topological polar surface area (TPSA) is 102 Å². The van der Waals surface area contributed by atoms with E-state index in [0.29, 0.717) is 25.0 Å². The number of carbonyl (C=O) groups excluding carboxylic acids is 1. The summed E-state index contributed by atoms with van der Waals surface area (Å²) in [6.07, 6.45) is 8.02. The van der Waals surface area contributed by atoms with Crippen molar-refractivity contribution in [3.05, 3.63) is 6.20 Å². The number of aromatic nitrogens is 2. The van der Waals surface area contributed by atoms with E-state index in [-0.39, 0.29) is 16.8 Å². The fraction of sp³-hybridized carbons (Fsp3) is 0.765. The molecule has 4 aliphatic carbocycles. The third-order valence-corrected chi connectivity index (χ3v) is 7.87. The van der Waals surface area contributed by atoms with Gasteiger partial charge in [0.1, 0.15) is 0 Å². The summed E-state index contributed by atoms with van der Waals surface area (Å²) in [7, 11) is -4.00. The molecule has 4 fully saturated rings. The largest absolute Gasteiger partial charge is 0.477 e. The van der Waals surface area contributed by atoms with Gasteiger partial charge in [-0.25, -0.2) is 22.6 Å². The Balaban J connectivity index is 1.29. The zero-order valence-electron chi connectivity index (χ0n) is 14.6. The second-order valence-corrected chi connectivity index (χ2v) is 9.93. The van der Waals surface area contributed by atoms with Crippen molar-refractivity contribution >= 4 is 16.1 Å². The molecule has 1 aromatic heterocycles. The lowest BCUT2D eigenvalue weighted by atomic mass is 9.54. The fourth-order valence-electron chi connectivity index (χ4n) is 5.75. The number of sulfonamides is 1. The first-order chi connectivity index (χ1) is 12.5. The predicted octanol–water partition coefficient (Wildman–Crippen LogP) is 1.48. The maximum absolute atomic E-state index is 12.6. The summed E-state index contributed by atoms with van der Waals surface area (Å²) in [5.74, 6) is 2.81. The molecule has 4 saturated carbocycles. The van der Waals surface area contributed by atoms with Gasteiger partial charge in [0, 0.05) is 19.0 Å². The van der Waals surface area contributed by atoms with Gasteiger partial charge < -0.3 is 10.1 Å². The number of carbonyl (C=O) groups is 1. The van der Waals surface area contributed by atoms with Crippen molar-refractivity contribution in [1.29, 1.82) is 0 Å². The van der Waals surface area contributed by atoms with Crippen molar-refractivity contribution in [1.82, 2.24) is 19.8 Å². The minimum absolute atomic E-state index is 0.0718. The number of aryl methyl sites for hydroxylation is 1. The molecular formula is C17H24N4O4S. The second kappa shape index (κ2) is 5.87. The monoisotopic (exact) mass is 380 g/mol. The van der Waals surface area contributed by atoms with Crippen LogP contribution in [0.25, 0.3) is 0 Å². The number of amides is 2. The highest BCUT2D eigenvalue weighted by atomic mass is 32.2. The molecule has 8 nitrogen and oxygen atoms in total. The molecule has 2 heterocycles. The van der Waals surface area contributed by atoms with E-state index < -0.39 is 16.1 Å². The minimum atomic E-state index is -4.00. The molecule has 2 N–H and O–H groups in total. The summed E-state index contributed by atoms with van der Waals surface area (Å²) in [6, 6.07) is -0.548. The number of urea groups is 1. The molecular weight excluding hydrogens is 356 g/mol. The van der Waals surface area contributed by atoms with Crippen molar-refractivity contribution in [2.24, 2.45) is 23.7 Å². The van der Waals surface area contributed by atoms with Crippen molar-refractivity contribution in [3.63, 3.8) is 0 Å². The van der Waals surface area contributed by atoms with Gasteiger partial charge in [-0.1, -0.05) is 0 Å². The SMILES string of the molecule is O=C(NC1C2CC3CC(C2)CC1C3)NS(=O)(=O)c1cnn2c1OCCC2. The van der Waals surface area contributed by atoms with Gasteiger partial charge in [-0.3, -0.25) is 0 Å². The Bertz CT molecular complexity index is 806. The molecule has 6 rings (SSSR count). The lowest BCUT2D eigenvalue weighted by Gasteiger charge is -2.54. The number of nitrogens with one attached hydrogen (secondary N) is 2. The number of hydrogen-bond donors (Lipinski definition) is 2. The van der Waals surface area contributed by atoms with Crippen LogP contribution in [-0.4, -0.2) is 36.9 Å². The molecule has 0 radical (unpaired) electrons. The van der Waals surface area contributed by atoms with Gasteiger partial charge in [0.05, 0.1) is 12.8 Å². The highest BCUT2D eigenvalue weighted by Gasteiger charge is 2.48. The summed E-state index contributed by atoms with van der Waals surface area (Å²) in [6.45, 7) is 1.07. The summed E-state index contributed by atoms with van der Waals surface area (Å²) >= 11 is 0. The maximum atomic E-state index is 12.6. The van der Waals surface area contributed by atoms with E-state index in [2.05, 4.69) is 15.1 Å². The number of rotatable bonds is 3. The minimum Gasteiger partial charge on any atom is -0.477 e. The highest BCUT2D eigenvalue weighted by molar-refractivity contribution is 7.90. The third kappa shape index (κ3) is 2.67. The number of hydrogen-bond acceptors (Lipinski definition) is 5. The molecule has 0 atom stereocenters. The smallest absolute Gasteiger partial charge is 0.328 e. The Morgan fingerprint density at radius 3 is 2.54 bits per heavy atom. The van der Waals surface area contributed by atoms with E-state index in [0.717, 1.165) is 43.9 Å². The fourth-order valence-corrected chi connectivity index (χ4v) is 6.74. The zero-order chi connectivity index (χ0) is 17.9. The molecule has 4 bridgehead atoms. The van der Waals surface area contributed by atoms with Crippen molar-refractivity contribution in [2.45, 2.75) is 56.0 Å². The van der Waals surface area contributed by atoms with Crippen LogP contribution < -0.4 is 14.8 Å². The molecule has 2 amide bonds. The molecule has 142 valence electrons. The maximum Gasteiger partial charge on any atom is 0.328 e. The Hall–Kier alpha value is -1.77. The molecule has 1 aliphatic heterocycles. The number of fused-ring (bicyclic) bond motifs is 1. The van der Waals surface area contributed by atoms with Gasteiger partial charge >= 0.3 is 6.03 Å². The lowest BCUT2D eigenvalue weighted by molar-refractivity contribution is -0.00919. The Kier molecular flexibility index (Phi) is 3.70. The van der Waals surface area contributed by atoms with Crippen LogP contribution >= 0.6 is 0 Å². The van der Waals surface area contributed by atoms with Crippen LogP contribution in [0.15, 0.2) is 11.1 Å². The Labute approximate surface area is 152 Å². The third-order valence-electron chi connectivity index (χ3n) is 6.55. The molecule has 5 aliphatic rings. The first kappa shape index (κ1) is 16.4. The Morgan fingerprint density at radius 1 is 1.15 bits per heavy atom. The molecule has 0 spiro atoms. The number of ether oxygens (including phenoxy) is 1. The van der Waals surface area contributed by atoms with E-state index in [1.807, 2.05) is 0 Å². The van der Waals surface area contributed by atoms with Gasteiger partial charge in [0.2, 0.25) is 5.88 Å². The first-order valence-electron chi connectivity index (χ1n) is 9.51. The van der Waals surface area contributed by atoms with Crippen LogP contribution in [0.4, 0.5) is 4.79 Å². The molecule has 9 heteroatoms. The standard InChI is InChI=1S/C17H24N4O4S/c22-17(19-15-12-5-10-4-11(7-12)8-13(15)6-10)20-26(23,24)14-9-18-21-2-1-3-25-16(14)21/h9-13,15H,1-8H2,(H2,19,20,22). The zero-order valence-corrected chi connectivity index (χ0v) is 15.4. The van der Waals surface area contributed by atoms with E-state index >= 15 is 0 Å². The highest BCUT2D eigenvalue weighted by Crippen LogP contribution is 2.53. The van der Waals surface area contributed by atoms with Crippen LogP contribution in [0, 0.1) is 23.7 Å². The van der Waals surface area contributed by atoms with E-state index in [1.54, 1.807) is 0 Å². The lowest BCUT2D eigenvalue weighted by Crippen LogP contribution is -2.57. The van der Waals surface area contributed by atoms with Gasteiger partial charge in [-0.05, 0) is 55.8 Å².